The summed E-state index contributed by atoms with van der Waals surface area (Å²) in [6.07, 6.45) is -4.48. The molecule has 0 saturated heterocycles. The fraction of sp³-hybridized carbons (Fsp3) is 0.192. The van der Waals surface area contributed by atoms with Gasteiger partial charge in [-0.2, -0.15) is 13.2 Å². The summed E-state index contributed by atoms with van der Waals surface area (Å²) in [4.78, 5) is 15.9. The highest BCUT2D eigenvalue weighted by Crippen LogP contribution is 2.35. The predicted molar refractivity (Wildman–Crippen MR) is 124 cm³/mol. The Balaban J connectivity index is 1.58. The van der Waals surface area contributed by atoms with Crippen molar-refractivity contribution in [3.8, 4) is 11.1 Å². The summed E-state index contributed by atoms with van der Waals surface area (Å²) in [5.41, 5.74) is 5.12. The van der Waals surface area contributed by atoms with Crippen molar-refractivity contribution in [2.24, 2.45) is 0 Å². The van der Waals surface area contributed by atoms with E-state index < -0.39 is 17.7 Å². The average molecular weight is 470 g/mol. The van der Waals surface area contributed by atoms with Crippen LogP contribution in [0.15, 0.2) is 79.4 Å². The van der Waals surface area contributed by atoms with Gasteiger partial charge in [-0.25, -0.2) is 0 Å². The van der Waals surface area contributed by atoms with Crippen molar-refractivity contribution in [3.63, 3.8) is 0 Å². The molecule has 0 aliphatic rings. The number of nitrogens with one attached hydrogen (secondary N) is 2. The Bertz CT molecular complexity index is 1110. The smallest absolute Gasteiger partial charge is 0.416 e. The molecule has 8 heteroatoms. The summed E-state index contributed by atoms with van der Waals surface area (Å²) in [6.45, 7) is 4.45. The van der Waals surface area contributed by atoms with Crippen LogP contribution in [0.3, 0.4) is 0 Å². The molecule has 0 saturated carbocycles. The second-order valence-corrected chi connectivity index (χ2v) is 7.62. The van der Waals surface area contributed by atoms with Gasteiger partial charge in [-0.3, -0.25) is 15.1 Å². The first-order valence-electron chi connectivity index (χ1n) is 10.6. The molecular weight excluding hydrogens is 445 g/mol. The maximum Gasteiger partial charge on any atom is 0.416 e. The third-order valence-electron chi connectivity index (χ3n) is 5.09. The lowest BCUT2D eigenvalue weighted by atomic mass is 9.99. The highest BCUT2D eigenvalue weighted by Gasteiger charge is 2.33. The largest absolute Gasteiger partial charge is 0.481 e. The molecule has 0 aromatic heterocycles. The van der Waals surface area contributed by atoms with Gasteiger partial charge in [0.15, 0.2) is 0 Å². The van der Waals surface area contributed by atoms with E-state index in [9.17, 15) is 18.0 Å². The number of rotatable bonds is 11. The topological polar surface area (TPSA) is 70.6 Å². The Kier molecular flexibility index (Phi) is 8.45. The van der Waals surface area contributed by atoms with Crippen LogP contribution in [0.1, 0.15) is 28.7 Å². The molecule has 0 unspecified atom stereocenters. The molecule has 0 atom stereocenters. The molecule has 0 spiro atoms. The van der Waals surface area contributed by atoms with Gasteiger partial charge in [-0.05, 0) is 33.9 Å². The van der Waals surface area contributed by atoms with E-state index >= 15 is 0 Å². The van der Waals surface area contributed by atoms with Crippen LogP contribution in [0.2, 0.25) is 0 Å². The highest BCUT2D eigenvalue weighted by atomic mass is 19.4. The molecule has 0 amide bonds. The molecule has 34 heavy (non-hydrogen) atoms. The van der Waals surface area contributed by atoms with Crippen LogP contribution in [0.4, 0.5) is 13.2 Å². The van der Waals surface area contributed by atoms with Gasteiger partial charge in [-0.1, -0.05) is 73.3 Å². The third-order valence-corrected chi connectivity index (χ3v) is 5.09. The van der Waals surface area contributed by atoms with Crippen molar-refractivity contribution in [3.05, 3.63) is 102 Å². The number of hydroxylamine groups is 1. The van der Waals surface area contributed by atoms with Crippen molar-refractivity contribution in [1.29, 1.82) is 0 Å². The number of halogens is 3. The molecule has 0 heterocycles. The highest BCUT2D eigenvalue weighted by molar-refractivity contribution is 5.67. The van der Waals surface area contributed by atoms with E-state index in [1.54, 1.807) is 42.5 Å². The first kappa shape index (κ1) is 25.0. The molecule has 0 aliphatic carbocycles. The minimum absolute atomic E-state index is 0.00950. The van der Waals surface area contributed by atoms with Crippen LogP contribution in [0.25, 0.3) is 16.8 Å². The van der Waals surface area contributed by atoms with Crippen LogP contribution >= 0.6 is 0 Å². The SMILES string of the molecule is C=C(NOCc1ccc(-c2ccccc2)cc1C(F)(F)F)c1ccc(CNCCC(=O)O)cc1. The fourth-order valence-electron chi connectivity index (χ4n) is 3.29. The van der Waals surface area contributed by atoms with E-state index in [2.05, 4.69) is 17.4 Å². The van der Waals surface area contributed by atoms with Crippen LogP contribution in [0, 0.1) is 0 Å². The molecule has 0 radical (unpaired) electrons. The van der Waals surface area contributed by atoms with Crippen molar-refractivity contribution in [2.45, 2.75) is 25.7 Å². The second kappa shape index (κ2) is 11.5. The summed E-state index contributed by atoms with van der Waals surface area (Å²) >= 11 is 0. The van der Waals surface area contributed by atoms with Crippen LogP contribution < -0.4 is 10.8 Å². The Morgan fingerprint density at radius 1 is 0.971 bits per heavy atom. The Hall–Kier alpha value is -3.62. The van der Waals surface area contributed by atoms with Crippen LogP contribution in [0.5, 0.6) is 0 Å². The van der Waals surface area contributed by atoms with E-state index in [0.29, 0.717) is 35.5 Å². The summed E-state index contributed by atoms with van der Waals surface area (Å²) in [5, 5.41) is 11.7. The number of benzene rings is 3. The minimum Gasteiger partial charge on any atom is -0.481 e. The minimum atomic E-state index is -4.52. The van der Waals surface area contributed by atoms with Gasteiger partial charge < -0.3 is 10.4 Å². The van der Waals surface area contributed by atoms with E-state index in [0.717, 1.165) is 11.6 Å². The molecular formula is C26H25F3N2O3. The summed E-state index contributed by atoms with van der Waals surface area (Å²) in [7, 11) is 0. The molecule has 3 aromatic carbocycles. The first-order chi connectivity index (χ1) is 16.2. The standard InChI is InChI=1S/C26H25F3N2O3/c1-18(20-9-7-19(8-10-20)16-30-14-13-25(32)33)31-34-17-23-12-11-22(15-24(23)26(27,28)29)21-5-3-2-4-6-21/h2-12,15,30-31H,1,13-14,16-17H2,(H,32,33). The number of carbonyl (C=O) groups is 1. The molecule has 3 N–H and O–H groups in total. The van der Waals surface area contributed by atoms with Crippen molar-refractivity contribution in [1.82, 2.24) is 10.8 Å². The normalized spacial score (nSPS) is 11.3. The van der Waals surface area contributed by atoms with Gasteiger partial charge in [0.1, 0.15) is 6.61 Å². The molecule has 3 rings (SSSR count). The molecule has 0 aliphatic heterocycles. The van der Waals surface area contributed by atoms with Crippen molar-refractivity contribution in [2.75, 3.05) is 6.54 Å². The lowest BCUT2D eigenvalue weighted by Crippen LogP contribution is -2.17. The van der Waals surface area contributed by atoms with Crippen LogP contribution in [-0.2, 0) is 29.0 Å². The number of hydrogen-bond donors (Lipinski definition) is 3. The molecule has 0 bridgehead atoms. The van der Waals surface area contributed by atoms with Crippen molar-refractivity contribution < 1.29 is 27.9 Å². The molecule has 5 nitrogen and oxygen atoms in total. The van der Waals surface area contributed by atoms with Gasteiger partial charge in [0.25, 0.3) is 0 Å². The lowest BCUT2D eigenvalue weighted by molar-refractivity contribution is -0.139. The lowest BCUT2D eigenvalue weighted by Gasteiger charge is -2.16. The summed E-state index contributed by atoms with van der Waals surface area (Å²) < 4.78 is 41.0. The summed E-state index contributed by atoms with van der Waals surface area (Å²) in [5.74, 6) is -0.861. The van der Waals surface area contributed by atoms with Gasteiger partial charge in [0, 0.05) is 13.1 Å². The Morgan fingerprint density at radius 3 is 2.32 bits per heavy atom. The maximum atomic E-state index is 13.7. The Morgan fingerprint density at radius 2 is 1.68 bits per heavy atom. The van der Waals surface area contributed by atoms with E-state index in [-0.39, 0.29) is 18.6 Å². The van der Waals surface area contributed by atoms with Gasteiger partial charge >= 0.3 is 12.1 Å². The quantitative estimate of drug-likeness (QED) is 0.250. The van der Waals surface area contributed by atoms with E-state index in [1.807, 2.05) is 18.2 Å². The maximum absolute atomic E-state index is 13.7. The first-order valence-corrected chi connectivity index (χ1v) is 10.6. The van der Waals surface area contributed by atoms with Gasteiger partial charge in [-0.15, -0.1) is 0 Å². The van der Waals surface area contributed by atoms with E-state index in [1.165, 1.54) is 6.07 Å². The average Bonchev–Trinajstić information content (AvgIpc) is 2.82. The van der Waals surface area contributed by atoms with Gasteiger partial charge in [0.2, 0.25) is 0 Å². The van der Waals surface area contributed by atoms with Gasteiger partial charge in [0.05, 0.1) is 17.7 Å². The number of alkyl halides is 3. The number of aliphatic carboxylic acids is 1. The predicted octanol–water partition coefficient (Wildman–Crippen LogP) is 5.63. The monoisotopic (exact) mass is 470 g/mol. The zero-order valence-electron chi connectivity index (χ0n) is 18.4. The van der Waals surface area contributed by atoms with Crippen molar-refractivity contribution >= 4 is 11.7 Å². The fourth-order valence-corrected chi connectivity index (χ4v) is 3.29. The molecule has 0 fully saturated rings. The molecule has 3 aromatic rings. The second-order valence-electron chi connectivity index (χ2n) is 7.62. The zero-order chi connectivity index (χ0) is 24.6. The zero-order valence-corrected chi connectivity index (χ0v) is 18.4. The Labute approximate surface area is 195 Å². The molecule has 178 valence electrons. The van der Waals surface area contributed by atoms with E-state index in [4.69, 9.17) is 9.94 Å². The third kappa shape index (κ3) is 7.19. The summed E-state index contributed by atoms with van der Waals surface area (Å²) in [6, 6.07) is 20.3. The number of carboxylic acids is 1. The number of carboxylic acid groups (broad SMARTS) is 1. The number of hydrogen-bond acceptors (Lipinski definition) is 4. The van der Waals surface area contributed by atoms with Crippen LogP contribution in [-0.4, -0.2) is 17.6 Å².